The van der Waals surface area contributed by atoms with Crippen LogP contribution >= 0.6 is 0 Å². The molecule has 0 aliphatic carbocycles. The van der Waals surface area contributed by atoms with Crippen LogP contribution in [0.1, 0.15) is 47.5 Å². The Labute approximate surface area is 151 Å². The van der Waals surface area contributed by atoms with E-state index in [1.54, 1.807) is 0 Å². The molecule has 4 unspecified atom stereocenters. The third-order valence-corrected chi connectivity index (χ3v) is 5.06. The van der Waals surface area contributed by atoms with Crippen molar-refractivity contribution in [3.63, 3.8) is 0 Å². The molecule has 25 heavy (non-hydrogen) atoms. The van der Waals surface area contributed by atoms with Crippen LogP contribution in [0.2, 0.25) is 0 Å². The molecule has 0 radical (unpaired) electrons. The number of ether oxygens (including phenoxy) is 4. The molecule has 0 spiro atoms. The summed E-state index contributed by atoms with van der Waals surface area (Å²) in [7, 11) is -3.49. The highest BCUT2D eigenvalue weighted by molar-refractivity contribution is 7.85. The monoisotopic (exact) mass is 380 g/mol. The van der Waals surface area contributed by atoms with Gasteiger partial charge >= 0.3 is 0 Å². The van der Waals surface area contributed by atoms with Gasteiger partial charge in [0.1, 0.15) is 6.10 Å². The lowest BCUT2D eigenvalue weighted by Crippen LogP contribution is -2.31. The van der Waals surface area contributed by atoms with Crippen LogP contribution in [-0.4, -0.2) is 64.2 Å². The van der Waals surface area contributed by atoms with Gasteiger partial charge in [-0.05, 0) is 40.5 Å². The fraction of sp³-hybridized carbons (Fsp3) is 1.00. The van der Waals surface area contributed by atoms with Gasteiger partial charge in [0.05, 0.1) is 43.9 Å². The quantitative estimate of drug-likeness (QED) is 0.597. The molecule has 2 saturated heterocycles. The zero-order valence-electron chi connectivity index (χ0n) is 16.1. The normalized spacial score (nSPS) is 34.5. The topological polar surface area (TPSA) is 80.3 Å². The zero-order chi connectivity index (χ0) is 18.9. The molecular weight excluding hydrogens is 348 g/mol. The van der Waals surface area contributed by atoms with Crippen molar-refractivity contribution in [2.75, 3.05) is 26.1 Å². The Hall–Kier alpha value is -0.250. The third kappa shape index (κ3) is 6.45. The molecule has 148 valence electrons. The molecule has 7 nitrogen and oxygen atoms in total. The number of hydrogen-bond donors (Lipinski definition) is 0. The van der Waals surface area contributed by atoms with Crippen LogP contribution in [0.15, 0.2) is 0 Å². The first-order valence-corrected chi connectivity index (χ1v) is 10.7. The Kier molecular flexibility index (Phi) is 6.55. The fourth-order valence-electron chi connectivity index (χ4n) is 3.58. The lowest BCUT2D eigenvalue weighted by Gasteiger charge is -2.20. The smallest absolute Gasteiger partial charge is 0.264 e. The molecule has 2 rings (SSSR count). The molecule has 0 bridgehead atoms. The molecule has 2 aliphatic heterocycles. The van der Waals surface area contributed by atoms with Crippen LogP contribution < -0.4 is 0 Å². The van der Waals surface area contributed by atoms with E-state index in [0.29, 0.717) is 13.2 Å². The average molecular weight is 381 g/mol. The van der Waals surface area contributed by atoms with Gasteiger partial charge in [0.15, 0.2) is 5.79 Å². The average Bonchev–Trinajstić information content (AvgIpc) is 2.91. The summed E-state index contributed by atoms with van der Waals surface area (Å²) in [5.74, 6) is -0.508. The minimum absolute atomic E-state index is 0.0178. The standard InChI is InChI=1S/C17H32O7S/c1-7-13-15(24-17(4,5)23-13)10-20-9-12-8-16(2,3)22-14(12)11-21-25(6,18)19/h12-15H,7-11H2,1-6H3. The number of hydrogen-bond acceptors (Lipinski definition) is 7. The summed E-state index contributed by atoms with van der Waals surface area (Å²) in [5.41, 5.74) is -0.319. The van der Waals surface area contributed by atoms with Gasteiger partial charge in [0, 0.05) is 5.92 Å². The Morgan fingerprint density at radius 1 is 0.960 bits per heavy atom. The Bertz CT molecular complexity index is 543. The van der Waals surface area contributed by atoms with E-state index in [4.69, 9.17) is 23.1 Å². The first-order chi connectivity index (χ1) is 11.4. The second-order valence-corrected chi connectivity index (χ2v) is 9.67. The summed E-state index contributed by atoms with van der Waals surface area (Å²) in [6.07, 6.45) is 2.32. The van der Waals surface area contributed by atoms with Crippen molar-refractivity contribution in [3.05, 3.63) is 0 Å². The lowest BCUT2D eigenvalue weighted by atomic mass is 9.95. The van der Waals surface area contributed by atoms with Crippen LogP contribution in [0, 0.1) is 5.92 Å². The summed E-state index contributed by atoms with van der Waals surface area (Å²) in [6, 6.07) is 0. The Morgan fingerprint density at radius 2 is 1.60 bits per heavy atom. The molecule has 0 aromatic rings. The van der Waals surface area contributed by atoms with Crippen LogP contribution in [0.5, 0.6) is 0 Å². The van der Waals surface area contributed by atoms with Gasteiger partial charge in [-0.3, -0.25) is 4.18 Å². The zero-order valence-corrected chi connectivity index (χ0v) is 16.9. The van der Waals surface area contributed by atoms with Gasteiger partial charge in [0.2, 0.25) is 0 Å². The first-order valence-electron chi connectivity index (χ1n) is 8.86. The highest BCUT2D eigenvalue weighted by Crippen LogP contribution is 2.35. The second-order valence-electron chi connectivity index (χ2n) is 8.03. The van der Waals surface area contributed by atoms with Gasteiger partial charge in [-0.15, -0.1) is 0 Å². The summed E-state index contributed by atoms with van der Waals surface area (Å²) >= 11 is 0. The van der Waals surface area contributed by atoms with E-state index in [-0.39, 0.29) is 36.4 Å². The van der Waals surface area contributed by atoms with E-state index in [1.807, 2.05) is 27.7 Å². The minimum Gasteiger partial charge on any atom is -0.378 e. The van der Waals surface area contributed by atoms with Crippen LogP contribution in [-0.2, 0) is 33.2 Å². The Morgan fingerprint density at radius 3 is 2.20 bits per heavy atom. The SMILES string of the molecule is CCC1OC(C)(C)OC1COCC1CC(C)(C)OC1COS(C)(=O)=O. The molecule has 2 fully saturated rings. The van der Waals surface area contributed by atoms with Gasteiger partial charge in [0.25, 0.3) is 10.1 Å². The molecule has 0 N–H and O–H groups in total. The van der Waals surface area contributed by atoms with Crippen molar-refractivity contribution in [2.24, 2.45) is 5.92 Å². The van der Waals surface area contributed by atoms with Crippen LogP contribution in [0.25, 0.3) is 0 Å². The van der Waals surface area contributed by atoms with Gasteiger partial charge in [-0.2, -0.15) is 8.42 Å². The molecule has 0 saturated carbocycles. The molecule has 0 aromatic heterocycles. The van der Waals surface area contributed by atoms with Gasteiger partial charge < -0.3 is 18.9 Å². The third-order valence-electron chi connectivity index (χ3n) is 4.50. The summed E-state index contributed by atoms with van der Waals surface area (Å²) < 4.78 is 51.0. The molecule has 8 heteroatoms. The molecule has 0 amide bonds. The van der Waals surface area contributed by atoms with E-state index in [9.17, 15) is 8.42 Å². The maximum absolute atomic E-state index is 11.2. The number of rotatable bonds is 8. The van der Waals surface area contributed by atoms with E-state index in [2.05, 4.69) is 6.92 Å². The fourth-order valence-corrected chi connectivity index (χ4v) is 3.96. The lowest BCUT2D eigenvalue weighted by molar-refractivity contribution is -0.151. The van der Waals surface area contributed by atoms with Gasteiger partial charge in [-0.25, -0.2) is 0 Å². The van der Waals surface area contributed by atoms with Crippen molar-refractivity contribution >= 4 is 10.1 Å². The highest BCUT2D eigenvalue weighted by Gasteiger charge is 2.43. The van der Waals surface area contributed by atoms with Crippen molar-refractivity contribution in [1.82, 2.24) is 0 Å². The largest absolute Gasteiger partial charge is 0.378 e. The van der Waals surface area contributed by atoms with E-state index < -0.39 is 15.9 Å². The maximum atomic E-state index is 11.2. The predicted octanol–water partition coefficient (Wildman–Crippen LogP) is 2.09. The van der Waals surface area contributed by atoms with Gasteiger partial charge in [-0.1, -0.05) is 6.92 Å². The second kappa shape index (κ2) is 7.78. The van der Waals surface area contributed by atoms with Crippen molar-refractivity contribution < 1.29 is 31.5 Å². The Balaban J connectivity index is 1.85. The minimum atomic E-state index is -3.49. The van der Waals surface area contributed by atoms with Crippen molar-refractivity contribution in [3.8, 4) is 0 Å². The first kappa shape index (κ1) is 21.1. The van der Waals surface area contributed by atoms with Crippen LogP contribution in [0.3, 0.4) is 0 Å². The maximum Gasteiger partial charge on any atom is 0.264 e. The molecular formula is C17H32O7S. The predicted molar refractivity (Wildman–Crippen MR) is 92.8 cm³/mol. The van der Waals surface area contributed by atoms with Crippen molar-refractivity contribution in [1.29, 1.82) is 0 Å². The van der Waals surface area contributed by atoms with E-state index in [1.165, 1.54) is 0 Å². The summed E-state index contributed by atoms with van der Waals surface area (Å²) in [4.78, 5) is 0. The summed E-state index contributed by atoms with van der Waals surface area (Å²) in [5, 5.41) is 0. The molecule has 0 aromatic carbocycles. The van der Waals surface area contributed by atoms with E-state index >= 15 is 0 Å². The summed E-state index contributed by atoms with van der Waals surface area (Å²) in [6.45, 7) is 10.8. The molecule has 2 heterocycles. The molecule has 4 atom stereocenters. The van der Waals surface area contributed by atoms with Crippen molar-refractivity contribution in [2.45, 2.75) is 77.2 Å². The van der Waals surface area contributed by atoms with E-state index in [0.717, 1.165) is 19.1 Å². The van der Waals surface area contributed by atoms with Crippen LogP contribution in [0.4, 0.5) is 0 Å². The molecule has 2 aliphatic rings. The highest BCUT2D eigenvalue weighted by atomic mass is 32.2.